The molecule has 2 rings (SSSR count). The Hall–Kier alpha value is -2.48. The van der Waals surface area contributed by atoms with Crippen molar-refractivity contribution in [3.63, 3.8) is 0 Å². The van der Waals surface area contributed by atoms with E-state index in [9.17, 15) is 30.6 Å². The Morgan fingerprint density at radius 1 is 0.456 bits per heavy atom. The first kappa shape index (κ1) is 50.7. The van der Waals surface area contributed by atoms with Crippen LogP contribution in [0.4, 0.5) is 0 Å². The van der Waals surface area contributed by atoms with E-state index < -0.39 is 12.2 Å². The predicted octanol–water partition coefficient (Wildman–Crippen LogP) is 3.25. The van der Waals surface area contributed by atoms with Gasteiger partial charge >= 0.3 is 0 Å². The molecule has 0 aliphatic rings. The van der Waals surface area contributed by atoms with Gasteiger partial charge in [-0.15, -0.1) is 0 Å². The van der Waals surface area contributed by atoms with E-state index in [2.05, 4.69) is 10.6 Å². The summed E-state index contributed by atoms with van der Waals surface area (Å²) in [6, 6.07) is 9.36. The third-order valence-corrected chi connectivity index (χ3v) is 9.07. The van der Waals surface area contributed by atoms with Gasteiger partial charge in [-0.1, -0.05) is 12.1 Å². The van der Waals surface area contributed by atoms with Crippen molar-refractivity contribution >= 4 is 0 Å². The van der Waals surface area contributed by atoms with Crippen LogP contribution in [0.5, 0.6) is 11.5 Å². The van der Waals surface area contributed by atoms with Crippen LogP contribution in [0, 0.1) is 0 Å². The molecule has 0 saturated carbocycles. The number of nitrogens with one attached hydrogen (secondary N) is 2. The fourth-order valence-electron chi connectivity index (χ4n) is 5.36. The highest BCUT2D eigenvalue weighted by Gasteiger charge is 2.17. The number of ether oxygens (including phenoxy) is 7. The second-order valence-corrected chi connectivity index (χ2v) is 15.1. The van der Waals surface area contributed by atoms with Gasteiger partial charge in [-0.2, -0.15) is 0 Å². The summed E-state index contributed by atoms with van der Waals surface area (Å²) in [5, 5.41) is 65.5. The number of aromatic hydroxyl groups is 2. The third-order valence-electron chi connectivity index (χ3n) is 9.07. The Balaban J connectivity index is 1.48. The van der Waals surface area contributed by atoms with E-state index in [4.69, 9.17) is 33.2 Å². The monoisotopic (exact) mass is 813 g/mol. The van der Waals surface area contributed by atoms with Crippen LogP contribution in [0.25, 0.3) is 0 Å². The SMILES string of the molecule is CC(COCC(C)OCC(C)OCC(C)OCC(C)OCC(C)OCC(C)OCC(C)NCC(O)c1ccc(O)c(CO)c1)NCC(O)c1ccc(O)c(CO)c1. The van der Waals surface area contributed by atoms with Crippen LogP contribution in [0.15, 0.2) is 36.4 Å². The first-order valence-corrected chi connectivity index (χ1v) is 20.1. The van der Waals surface area contributed by atoms with E-state index in [1.54, 1.807) is 24.3 Å². The number of hydrogen-bond acceptors (Lipinski definition) is 15. The summed E-state index contributed by atoms with van der Waals surface area (Å²) < 4.78 is 41.3. The molecule has 2 aromatic carbocycles. The number of hydrogen-bond donors (Lipinski definition) is 8. The molecule has 0 radical (unpaired) electrons. The molecule has 8 N–H and O–H groups in total. The van der Waals surface area contributed by atoms with Crippen LogP contribution in [-0.2, 0) is 46.4 Å². The van der Waals surface area contributed by atoms with Crippen LogP contribution in [0.3, 0.4) is 0 Å². The largest absolute Gasteiger partial charge is 0.508 e. The molecule has 0 bridgehead atoms. The fraction of sp³-hybridized carbons (Fsp3) is 0.714. The van der Waals surface area contributed by atoms with Crippen molar-refractivity contribution < 1.29 is 63.8 Å². The van der Waals surface area contributed by atoms with Crippen LogP contribution in [0.2, 0.25) is 0 Å². The smallest absolute Gasteiger partial charge is 0.121 e. The van der Waals surface area contributed by atoms with Gasteiger partial charge in [0.1, 0.15) is 11.5 Å². The van der Waals surface area contributed by atoms with Gasteiger partial charge in [0.2, 0.25) is 0 Å². The van der Waals surface area contributed by atoms with Crippen molar-refractivity contribution in [3.8, 4) is 11.5 Å². The van der Waals surface area contributed by atoms with Crippen molar-refractivity contribution in [2.24, 2.45) is 0 Å². The lowest BCUT2D eigenvalue weighted by molar-refractivity contribution is -0.104. The second kappa shape index (κ2) is 28.1. The molecule has 2 aromatic rings. The maximum absolute atomic E-state index is 10.5. The minimum absolute atomic E-state index is 0.000517. The van der Waals surface area contributed by atoms with Crippen LogP contribution >= 0.6 is 0 Å². The first-order valence-electron chi connectivity index (χ1n) is 20.1. The highest BCUT2D eigenvalue weighted by atomic mass is 16.6. The van der Waals surface area contributed by atoms with Crippen molar-refractivity contribution in [1.29, 1.82) is 0 Å². The molecular formula is C42H72N2O13. The number of aliphatic hydroxyl groups excluding tert-OH is 4. The van der Waals surface area contributed by atoms with Crippen molar-refractivity contribution in [3.05, 3.63) is 58.7 Å². The van der Waals surface area contributed by atoms with E-state index >= 15 is 0 Å². The third kappa shape index (κ3) is 21.4. The molecule has 0 amide bonds. The average molecular weight is 813 g/mol. The number of aliphatic hydroxyl groups is 4. The molecule has 10 unspecified atom stereocenters. The van der Waals surface area contributed by atoms with E-state index in [0.29, 0.717) is 88.2 Å². The Labute approximate surface area is 339 Å². The van der Waals surface area contributed by atoms with Gasteiger partial charge in [-0.25, -0.2) is 0 Å². The summed E-state index contributed by atoms with van der Waals surface area (Å²) in [5.74, 6) is 0.00133. The molecule has 10 atom stereocenters. The van der Waals surface area contributed by atoms with E-state index in [1.165, 1.54) is 12.1 Å². The van der Waals surface area contributed by atoms with Crippen LogP contribution in [-0.4, -0.2) is 145 Å². The number of rotatable bonds is 32. The topological polar surface area (TPSA) is 210 Å². The van der Waals surface area contributed by atoms with E-state index in [-0.39, 0.29) is 73.4 Å². The first-order chi connectivity index (χ1) is 27.1. The molecule has 15 nitrogen and oxygen atoms in total. The Kier molecular flexibility index (Phi) is 24.9. The second-order valence-electron chi connectivity index (χ2n) is 15.1. The molecule has 57 heavy (non-hydrogen) atoms. The van der Waals surface area contributed by atoms with Crippen LogP contribution in [0.1, 0.15) is 89.9 Å². The van der Waals surface area contributed by atoms with Crippen molar-refractivity contribution in [1.82, 2.24) is 10.6 Å². The normalized spacial score (nSPS) is 17.3. The van der Waals surface area contributed by atoms with Crippen molar-refractivity contribution in [2.45, 2.75) is 130 Å². The number of phenols is 2. The molecule has 0 saturated heterocycles. The summed E-state index contributed by atoms with van der Waals surface area (Å²) in [5.41, 5.74) is 1.97. The van der Waals surface area contributed by atoms with E-state index in [1.807, 2.05) is 55.4 Å². The summed E-state index contributed by atoms with van der Waals surface area (Å²) in [6.07, 6.45) is -2.36. The fourth-order valence-corrected chi connectivity index (χ4v) is 5.36. The van der Waals surface area contributed by atoms with Gasteiger partial charge in [0.05, 0.1) is 115 Å². The summed E-state index contributed by atoms with van der Waals surface area (Å²) in [4.78, 5) is 0. The highest BCUT2D eigenvalue weighted by molar-refractivity contribution is 5.37. The molecule has 0 aliphatic carbocycles. The molecule has 328 valence electrons. The van der Waals surface area contributed by atoms with Crippen molar-refractivity contribution in [2.75, 3.05) is 65.9 Å². The molecule has 0 fully saturated rings. The lowest BCUT2D eigenvalue weighted by Gasteiger charge is -2.23. The maximum Gasteiger partial charge on any atom is 0.121 e. The van der Waals surface area contributed by atoms with E-state index in [0.717, 1.165) is 0 Å². The molecule has 15 heteroatoms. The van der Waals surface area contributed by atoms with Gasteiger partial charge in [-0.3, -0.25) is 0 Å². The maximum atomic E-state index is 10.5. The quantitative estimate of drug-likeness (QED) is 0.0534. The Bertz CT molecular complexity index is 1360. The van der Waals surface area contributed by atoms with Gasteiger partial charge in [-0.05, 0) is 90.8 Å². The average Bonchev–Trinajstić information content (AvgIpc) is 3.20. The Morgan fingerprint density at radius 2 is 0.772 bits per heavy atom. The highest BCUT2D eigenvalue weighted by Crippen LogP contribution is 2.23. The summed E-state index contributed by atoms with van der Waals surface area (Å²) >= 11 is 0. The molecule has 0 heterocycles. The Morgan fingerprint density at radius 3 is 1.12 bits per heavy atom. The van der Waals surface area contributed by atoms with Crippen LogP contribution < -0.4 is 10.6 Å². The standard InChI is InChI=1S/C42H72N2O13/c1-27(43-15-41(49)35-9-11-39(47)37(13-35)17-45)19-51-21-29(3)53-23-31(5)55-25-33(7)57-26-34(8)56-24-32(6)54-22-30(4)52-20-28(2)44-16-42(50)36-10-12-40(48)38(14-36)18-46/h9-14,27-34,41-50H,15-26H2,1-8H3. The zero-order chi connectivity index (χ0) is 42.3. The van der Waals surface area contributed by atoms with Gasteiger partial charge in [0.25, 0.3) is 0 Å². The molecular weight excluding hydrogens is 740 g/mol. The number of benzene rings is 2. The summed E-state index contributed by atoms with van der Waals surface area (Å²) in [6.45, 7) is 19.0. The predicted molar refractivity (Wildman–Crippen MR) is 216 cm³/mol. The van der Waals surface area contributed by atoms with Gasteiger partial charge in [0, 0.05) is 36.3 Å². The molecule has 0 aromatic heterocycles. The zero-order valence-corrected chi connectivity index (χ0v) is 35.3. The van der Waals surface area contributed by atoms with Gasteiger partial charge < -0.3 is 74.4 Å². The molecule has 0 aliphatic heterocycles. The lowest BCUT2D eigenvalue weighted by Crippen LogP contribution is -2.36. The lowest BCUT2D eigenvalue weighted by atomic mass is 10.1. The molecule has 0 spiro atoms. The zero-order valence-electron chi connectivity index (χ0n) is 35.3. The minimum atomic E-state index is -0.788. The summed E-state index contributed by atoms with van der Waals surface area (Å²) in [7, 11) is 0. The van der Waals surface area contributed by atoms with Gasteiger partial charge in [0.15, 0.2) is 0 Å². The minimum Gasteiger partial charge on any atom is -0.508 e.